The van der Waals surface area contributed by atoms with Gasteiger partial charge >= 0.3 is 0 Å². The molecule has 2 amide bonds. The number of carbonyl (C=O) groups is 2. The van der Waals surface area contributed by atoms with Gasteiger partial charge in [-0.3, -0.25) is 9.59 Å². The average Bonchev–Trinajstić information content (AvgIpc) is 3.44. The van der Waals surface area contributed by atoms with Crippen LogP contribution in [0.15, 0.2) is 24.3 Å². The Kier molecular flexibility index (Phi) is 6.08. The molecule has 0 aliphatic heterocycles. The van der Waals surface area contributed by atoms with Gasteiger partial charge in [0.05, 0.1) is 6.10 Å². The van der Waals surface area contributed by atoms with Crippen LogP contribution in [0.3, 0.4) is 0 Å². The zero-order valence-corrected chi connectivity index (χ0v) is 14.7. The first kappa shape index (κ1) is 17.9. The van der Waals surface area contributed by atoms with Crippen LogP contribution < -0.4 is 10.6 Å². The van der Waals surface area contributed by atoms with E-state index in [4.69, 9.17) is 0 Å². The molecule has 5 nitrogen and oxygen atoms in total. The smallest absolute Gasteiger partial charge is 0.251 e. The van der Waals surface area contributed by atoms with Gasteiger partial charge in [-0.15, -0.1) is 0 Å². The third kappa shape index (κ3) is 5.30. The van der Waals surface area contributed by atoms with Crippen molar-refractivity contribution < 1.29 is 14.7 Å². The Labute approximate surface area is 149 Å². The Hall–Kier alpha value is -1.88. The van der Waals surface area contributed by atoms with Gasteiger partial charge in [0, 0.05) is 23.7 Å². The molecule has 0 bridgehead atoms. The van der Waals surface area contributed by atoms with Crippen LogP contribution in [0.5, 0.6) is 0 Å². The SMILES string of the molecule is O=C(NCCCC1CCCCC1O)c1ccc(C(=O)NC2CC2)cc1. The molecule has 0 radical (unpaired) electrons. The molecule has 2 atom stereocenters. The fourth-order valence-corrected chi connectivity index (χ4v) is 3.46. The zero-order chi connectivity index (χ0) is 17.6. The van der Waals surface area contributed by atoms with Crippen LogP contribution in [-0.4, -0.2) is 35.6 Å². The summed E-state index contributed by atoms with van der Waals surface area (Å²) in [6.45, 7) is 0.617. The lowest BCUT2D eigenvalue weighted by Crippen LogP contribution is -2.28. The Balaban J connectivity index is 1.39. The summed E-state index contributed by atoms with van der Waals surface area (Å²) < 4.78 is 0. The van der Waals surface area contributed by atoms with E-state index in [0.29, 0.717) is 29.6 Å². The number of aliphatic hydroxyl groups excluding tert-OH is 1. The molecule has 0 aromatic heterocycles. The minimum Gasteiger partial charge on any atom is -0.393 e. The van der Waals surface area contributed by atoms with Crippen LogP contribution in [0.25, 0.3) is 0 Å². The summed E-state index contributed by atoms with van der Waals surface area (Å²) >= 11 is 0. The fraction of sp³-hybridized carbons (Fsp3) is 0.600. The van der Waals surface area contributed by atoms with E-state index in [9.17, 15) is 14.7 Å². The highest BCUT2D eigenvalue weighted by molar-refractivity contribution is 5.97. The van der Waals surface area contributed by atoms with Gasteiger partial charge in [-0.1, -0.05) is 12.8 Å². The zero-order valence-electron chi connectivity index (χ0n) is 14.7. The molecular weight excluding hydrogens is 316 g/mol. The molecule has 1 aromatic rings. The molecule has 0 saturated heterocycles. The lowest BCUT2D eigenvalue weighted by Gasteiger charge is -2.27. The number of hydrogen-bond donors (Lipinski definition) is 3. The molecule has 3 N–H and O–H groups in total. The summed E-state index contributed by atoms with van der Waals surface area (Å²) in [4.78, 5) is 24.1. The standard InChI is InChI=1S/C20H28N2O3/c23-18-6-2-1-4-14(18)5-3-13-21-19(24)15-7-9-16(10-8-15)20(25)22-17-11-12-17/h7-10,14,17-18,23H,1-6,11-13H2,(H,21,24)(H,22,25). The number of nitrogens with one attached hydrogen (secondary N) is 2. The van der Waals surface area contributed by atoms with Gasteiger partial charge in [0.15, 0.2) is 0 Å². The van der Waals surface area contributed by atoms with Gasteiger partial charge in [-0.25, -0.2) is 0 Å². The number of rotatable bonds is 7. The highest BCUT2D eigenvalue weighted by Gasteiger charge is 2.24. The quantitative estimate of drug-likeness (QED) is 0.665. The molecule has 0 spiro atoms. The maximum Gasteiger partial charge on any atom is 0.251 e. The predicted molar refractivity (Wildman–Crippen MR) is 96.5 cm³/mol. The van der Waals surface area contributed by atoms with Gasteiger partial charge in [-0.05, 0) is 68.7 Å². The van der Waals surface area contributed by atoms with E-state index >= 15 is 0 Å². The lowest BCUT2D eigenvalue weighted by molar-refractivity contribution is 0.0641. The molecule has 3 rings (SSSR count). The van der Waals surface area contributed by atoms with Crippen molar-refractivity contribution in [2.75, 3.05) is 6.54 Å². The van der Waals surface area contributed by atoms with Gasteiger partial charge in [0.25, 0.3) is 11.8 Å². The van der Waals surface area contributed by atoms with Gasteiger partial charge < -0.3 is 15.7 Å². The number of benzene rings is 1. The molecule has 2 aliphatic rings. The van der Waals surface area contributed by atoms with Crippen molar-refractivity contribution >= 4 is 11.8 Å². The van der Waals surface area contributed by atoms with Crippen LogP contribution in [0.4, 0.5) is 0 Å². The minimum atomic E-state index is -0.168. The van der Waals surface area contributed by atoms with Gasteiger partial charge in [0.1, 0.15) is 0 Å². The van der Waals surface area contributed by atoms with E-state index in [2.05, 4.69) is 10.6 Å². The minimum absolute atomic E-state index is 0.0690. The highest BCUT2D eigenvalue weighted by Crippen LogP contribution is 2.27. The van der Waals surface area contributed by atoms with E-state index in [1.165, 1.54) is 6.42 Å². The molecular formula is C20H28N2O3. The normalized spacial score (nSPS) is 23.1. The Morgan fingerprint density at radius 1 is 0.960 bits per heavy atom. The van der Waals surface area contributed by atoms with Crippen molar-refractivity contribution in [3.05, 3.63) is 35.4 Å². The van der Waals surface area contributed by atoms with Crippen molar-refractivity contribution in [3.63, 3.8) is 0 Å². The summed E-state index contributed by atoms with van der Waals surface area (Å²) in [5, 5.41) is 15.8. The number of carbonyl (C=O) groups excluding carboxylic acids is 2. The van der Waals surface area contributed by atoms with E-state index in [1.807, 2.05) is 0 Å². The molecule has 5 heteroatoms. The number of amides is 2. The first-order valence-corrected chi connectivity index (χ1v) is 9.50. The molecule has 1 aromatic carbocycles. The first-order valence-electron chi connectivity index (χ1n) is 9.50. The fourth-order valence-electron chi connectivity index (χ4n) is 3.46. The highest BCUT2D eigenvalue weighted by atomic mass is 16.3. The molecule has 2 saturated carbocycles. The monoisotopic (exact) mass is 344 g/mol. The largest absolute Gasteiger partial charge is 0.393 e. The number of aliphatic hydroxyl groups is 1. The lowest BCUT2D eigenvalue weighted by atomic mass is 9.83. The van der Waals surface area contributed by atoms with Crippen molar-refractivity contribution in [2.45, 2.75) is 63.5 Å². The Bertz CT molecular complexity index is 595. The van der Waals surface area contributed by atoms with Crippen LogP contribution in [-0.2, 0) is 0 Å². The molecule has 2 unspecified atom stereocenters. The predicted octanol–water partition coefficient (Wildman–Crippen LogP) is 2.64. The Morgan fingerprint density at radius 3 is 2.24 bits per heavy atom. The van der Waals surface area contributed by atoms with E-state index in [1.54, 1.807) is 24.3 Å². The summed E-state index contributed by atoms with van der Waals surface area (Å²) in [6, 6.07) is 7.12. The molecule has 2 fully saturated rings. The van der Waals surface area contributed by atoms with Gasteiger partial charge in [-0.2, -0.15) is 0 Å². The van der Waals surface area contributed by atoms with E-state index in [0.717, 1.165) is 44.9 Å². The second-order valence-electron chi connectivity index (χ2n) is 7.34. The van der Waals surface area contributed by atoms with Crippen LogP contribution >= 0.6 is 0 Å². The van der Waals surface area contributed by atoms with Crippen LogP contribution in [0.2, 0.25) is 0 Å². The maximum atomic E-state index is 12.2. The Morgan fingerprint density at radius 2 is 1.60 bits per heavy atom. The van der Waals surface area contributed by atoms with Crippen molar-refractivity contribution in [2.24, 2.45) is 5.92 Å². The molecule has 136 valence electrons. The van der Waals surface area contributed by atoms with Crippen LogP contribution in [0, 0.1) is 5.92 Å². The second kappa shape index (κ2) is 8.48. The van der Waals surface area contributed by atoms with Crippen molar-refractivity contribution in [3.8, 4) is 0 Å². The first-order chi connectivity index (χ1) is 12.1. The summed E-state index contributed by atoms with van der Waals surface area (Å²) in [5.74, 6) is 0.203. The van der Waals surface area contributed by atoms with Crippen molar-refractivity contribution in [1.29, 1.82) is 0 Å². The summed E-state index contributed by atoms with van der Waals surface area (Å²) in [6.07, 6.45) is 8.14. The third-order valence-electron chi connectivity index (χ3n) is 5.23. The van der Waals surface area contributed by atoms with Crippen molar-refractivity contribution in [1.82, 2.24) is 10.6 Å². The average molecular weight is 344 g/mol. The van der Waals surface area contributed by atoms with E-state index in [-0.39, 0.29) is 17.9 Å². The topological polar surface area (TPSA) is 78.4 Å². The number of hydrogen-bond acceptors (Lipinski definition) is 3. The van der Waals surface area contributed by atoms with E-state index < -0.39 is 0 Å². The molecule has 0 heterocycles. The molecule has 25 heavy (non-hydrogen) atoms. The molecule has 2 aliphatic carbocycles. The third-order valence-corrected chi connectivity index (χ3v) is 5.23. The maximum absolute atomic E-state index is 12.2. The second-order valence-corrected chi connectivity index (χ2v) is 7.34. The van der Waals surface area contributed by atoms with Gasteiger partial charge in [0.2, 0.25) is 0 Å². The summed E-state index contributed by atoms with van der Waals surface area (Å²) in [5.41, 5.74) is 1.16. The van der Waals surface area contributed by atoms with Crippen LogP contribution in [0.1, 0.15) is 72.1 Å². The summed E-state index contributed by atoms with van der Waals surface area (Å²) in [7, 11) is 0.